The molecular formula is C15H20ClF3N2O2S. The van der Waals surface area contributed by atoms with Crippen molar-refractivity contribution >= 4 is 22.4 Å². The highest BCUT2D eigenvalue weighted by Gasteiger charge is 2.45. The molecule has 1 aromatic rings. The number of nitrogens with one attached hydrogen (secondary N) is 1. The van der Waals surface area contributed by atoms with E-state index in [1.54, 1.807) is 0 Å². The van der Waals surface area contributed by atoms with Crippen molar-refractivity contribution in [1.29, 1.82) is 0 Å². The highest BCUT2D eigenvalue weighted by molar-refractivity contribution is 7.89. The van der Waals surface area contributed by atoms with Crippen LogP contribution in [0.1, 0.15) is 24.8 Å². The number of benzene rings is 1. The van der Waals surface area contributed by atoms with Crippen LogP contribution in [0.4, 0.5) is 13.2 Å². The fourth-order valence-electron chi connectivity index (χ4n) is 3.54. The van der Waals surface area contributed by atoms with Crippen LogP contribution in [-0.4, -0.2) is 38.9 Å². The Morgan fingerprint density at radius 1 is 1.17 bits per heavy atom. The minimum absolute atomic E-state index is 0. The summed E-state index contributed by atoms with van der Waals surface area (Å²) in [6.07, 6.45) is -2.12. The van der Waals surface area contributed by atoms with Gasteiger partial charge in [0, 0.05) is 19.6 Å². The molecule has 0 aromatic heterocycles. The average molecular weight is 385 g/mol. The Hall–Kier alpha value is -0.830. The van der Waals surface area contributed by atoms with Gasteiger partial charge in [0.1, 0.15) is 0 Å². The van der Waals surface area contributed by atoms with Crippen LogP contribution in [0.5, 0.6) is 0 Å². The summed E-state index contributed by atoms with van der Waals surface area (Å²) >= 11 is 0. The third kappa shape index (κ3) is 3.56. The summed E-state index contributed by atoms with van der Waals surface area (Å²) in [5.74, 6) is 0. The molecule has 2 heterocycles. The van der Waals surface area contributed by atoms with E-state index >= 15 is 0 Å². The van der Waals surface area contributed by atoms with Gasteiger partial charge in [-0.2, -0.15) is 17.5 Å². The third-order valence-electron chi connectivity index (χ3n) is 4.77. The first-order valence-corrected chi connectivity index (χ1v) is 9.06. The fraction of sp³-hybridized carbons (Fsp3) is 0.600. The van der Waals surface area contributed by atoms with E-state index in [2.05, 4.69) is 5.32 Å². The van der Waals surface area contributed by atoms with Crippen molar-refractivity contribution in [3.05, 3.63) is 29.8 Å². The molecular weight excluding hydrogens is 365 g/mol. The van der Waals surface area contributed by atoms with Gasteiger partial charge in [0.15, 0.2) is 0 Å². The van der Waals surface area contributed by atoms with Gasteiger partial charge in [-0.05, 0) is 43.4 Å². The quantitative estimate of drug-likeness (QED) is 0.853. The molecule has 1 N–H and O–H groups in total. The van der Waals surface area contributed by atoms with Crippen LogP contribution in [0.25, 0.3) is 0 Å². The van der Waals surface area contributed by atoms with Crippen LogP contribution in [-0.2, 0) is 16.2 Å². The third-order valence-corrected chi connectivity index (χ3v) is 6.68. The van der Waals surface area contributed by atoms with Crippen LogP contribution < -0.4 is 5.32 Å². The molecule has 3 rings (SSSR count). The largest absolute Gasteiger partial charge is 0.417 e. The normalized spacial score (nSPS) is 25.6. The SMILES string of the molecule is Cl.O=S(=O)(c1ccccc1C(F)(F)F)N1CCC2(CCCNC2)C1. The zero-order valence-corrected chi connectivity index (χ0v) is 14.6. The van der Waals surface area contributed by atoms with Gasteiger partial charge in [-0.25, -0.2) is 8.42 Å². The Kier molecular flexibility index (Phi) is 5.54. The number of hydrogen-bond acceptors (Lipinski definition) is 3. The molecule has 1 spiro atoms. The van der Waals surface area contributed by atoms with E-state index in [1.807, 2.05) is 0 Å². The molecule has 0 saturated carbocycles. The van der Waals surface area contributed by atoms with E-state index in [0.717, 1.165) is 38.1 Å². The van der Waals surface area contributed by atoms with Crippen molar-refractivity contribution in [3.8, 4) is 0 Å². The van der Waals surface area contributed by atoms with Crippen molar-refractivity contribution in [2.75, 3.05) is 26.2 Å². The lowest BCUT2D eigenvalue weighted by molar-refractivity contribution is -0.139. The van der Waals surface area contributed by atoms with E-state index in [1.165, 1.54) is 16.4 Å². The summed E-state index contributed by atoms with van der Waals surface area (Å²) in [4.78, 5) is -0.645. The van der Waals surface area contributed by atoms with Gasteiger partial charge in [0.05, 0.1) is 10.5 Å². The summed E-state index contributed by atoms with van der Waals surface area (Å²) in [6.45, 7) is 2.19. The number of alkyl halides is 3. The number of rotatable bonds is 2. The Labute approximate surface area is 145 Å². The van der Waals surface area contributed by atoms with Crippen molar-refractivity contribution in [2.24, 2.45) is 5.41 Å². The lowest BCUT2D eigenvalue weighted by atomic mass is 9.80. The molecule has 0 aliphatic carbocycles. The van der Waals surface area contributed by atoms with Gasteiger partial charge in [-0.15, -0.1) is 12.4 Å². The Bertz CT molecular complexity index is 688. The van der Waals surface area contributed by atoms with Crippen molar-refractivity contribution in [1.82, 2.24) is 9.62 Å². The van der Waals surface area contributed by atoms with Gasteiger partial charge in [-0.1, -0.05) is 12.1 Å². The van der Waals surface area contributed by atoms with Crippen LogP contribution in [0.2, 0.25) is 0 Å². The van der Waals surface area contributed by atoms with Gasteiger partial charge in [0.2, 0.25) is 10.0 Å². The number of halogens is 4. The molecule has 1 aromatic carbocycles. The summed E-state index contributed by atoms with van der Waals surface area (Å²) in [6, 6.07) is 4.40. The number of hydrogen-bond donors (Lipinski definition) is 1. The van der Waals surface area contributed by atoms with Gasteiger partial charge in [0.25, 0.3) is 0 Å². The summed E-state index contributed by atoms with van der Waals surface area (Å²) in [5.41, 5.74) is -1.24. The molecule has 0 bridgehead atoms. The minimum atomic E-state index is -4.69. The lowest BCUT2D eigenvalue weighted by Gasteiger charge is -2.33. The lowest BCUT2D eigenvalue weighted by Crippen LogP contribution is -2.42. The summed E-state index contributed by atoms with van der Waals surface area (Å²) in [5, 5.41) is 3.26. The minimum Gasteiger partial charge on any atom is -0.316 e. The molecule has 2 aliphatic rings. The molecule has 2 fully saturated rings. The number of nitrogens with zero attached hydrogens (tertiary/aromatic N) is 1. The number of sulfonamides is 1. The average Bonchev–Trinajstić information content (AvgIpc) is 2.91. The second-order valence-electron chi connectivity index (χ2n) is 6.36. The first-order valence-electron chi connectivity index (χ1n) is 7.62. The van der Waals surface area contributed by atoms with Crippen LogP contribution in [0, 0.1) is 5.41 Å². The highest BCUT2D eigenvalue weighted by Crippen LogP contribution is 2.41. The molecule has 24 heavy (non-hydrogen) atoms. The Morgan fingerprint density at radius 3 is 2.50 bits per heavy atom. The summed E-state index contributed by atoms with van der Waals surface area (Å²) < 4.78 is 66.0. The van der Waals surface area contributed by atoms with Crippen molar-refractivity contribution in [2.45, 2.75) is 30.3 Å². The van der Waals surface area contributed by atoms with Gasteiger partial charge in [-0.3, -0.25) is 0 Å². The van der Waals surface area contributed by atoms with E-state index in [-0.39, 0.29) is 30.9 Å². The van der Waals surface area contributed by atoms with E-state index in [0.29, 0.717) is 6.42 Å². The fourth-order valence-corrected chi connectivity index (χ4v) is 5.31. The second-order valence-corrected chi connectivity index (χ2v) is 8.27. The molecule has 1 unspecified atom stereocenters. The summed E-state index contributed by atoms with van der Waals surface area (Å²) in [7, 11) is -4.14. The predicted octanol–water partition coefficient (Wildman–Crippen LogP) is 2.89. The van der Waals surface area contributed by atoms with Gasteiger partial charge >= 0.3 is 6.18 Å². The highest BCUT2D eigenvalue weighted by atomic mass is 35.5. The van der Waals surface area contributed by atoms with Crippen LogP contribution in [0.15, 0.2) is 29.2 Å². The monoisotopic (exact) mass is 384 g/mol. The van der Waals surface area contributed by atoms with Gasteiger partial charge < -0.3 is 5.32 Å². The standard InChI is InChI=1S/C15H19F3N2O2S.ClH/c16-15(17,18)12-4-1-2-5-13(12)23(21,22)20-9-7-14(11-20)6-3-8-19-10-14;/h1-2,4-5,19H,3,6-11H2;1H. The Morgan fingerprint density at radius 2 is 1.88 bits per heavy atom. The molecule has 1 atom stereocenters. The van der Waals surface area contributed by atoms with E-state index < -0.39 is 26.7 Å². The Balaban J connectivity index is 0.00000208. The zero-order valence-electron chi connectivity index (χ0n) is 13.0. The smallest absolute Gasteiger partial charge is 0.316 e. The predicted molar refractivity (Wildman–Crippen MR) is 86.6 cm³/mol. The van der Waals surface area contributed by atoms with Crippen molar-refractivity contribution in [3.63, 3.8) is 0 Å². The molecule has 2 saturated heterocycles. The molecule has 9 heteroatoms. The zero-order chi connectivity index (χ0) is 16.7. The van der Waals surface area contributed by atoms with E-state index in [9.17, 15) is 21.6 Å². The second kappa shape index (κ2) is 6.82. The van der Waals surface area contributed by atoms with E-state index in [4.69, 9.17) is 0 Å². The molecule has 0 radical (unpaired) electrons. The number of piperidine rings is 1. The molecule has 4 nitrogen and oxygen atoms in total. The van der Waals surface area contributed by atoms with Crippen molar-refractivity contribution < 1.29 is 21.6 Å². The van der Waals surface area contributed by atoms with Crippen LogP contribution >= 0.6 is 12.4 Å². The maximum atomic E-state index is 13.1. The molecule has 0 amide bonds. The first kappa shape index (κ1) is 19.5. The molecule has 2 aliphatic heterocycles. The first-order chi connectivity index (χ1) is 10.7. The topological polar surface area (TPSA) is 49.4 Å². The maximum absolute atomic E-state index is 13.1. The van der Waals surface area contributed by atoms with Crippen LogP contribution in [0.3, 0.4) is 0 Å². The molecule has 136 valence electrons. The maximum Gasteiger partial charge on any atom is 0.417 e.